The fourth-order valence-corrected chi connectivity index (χ4v) is 10.7. The molecule has 0 aliphatic carbocycles. The third-order valence-corrected chi connectivity index (χ3v) is 15.1. The van der Waals surface area contributed by atoms with Gasteiger partial charge in [-0.05, 0) is 95.0 Å². The second-order valence-corrected chi connectivity index (χ2v) is 18.5. The summed E-state index contributed by atoms with van der Waals surface area (Å²) in [7, 11) is 0. The van der Waals surface area contributed by atoms with E-state index < -0.39 is 65.3 Å². The molecule has 0 aromatic heterocycles. The molecule has 0 radical (unpaired) electrons. The summed E-state index contributed by atoms with van der Waals surface area (Å²) < 4.78 is 34.3. The van der Waals surface area contributed by atoms with Crippen LogP contribution >= 0.6 is 0 Å². The van der Waals surface area contributed by atoms with E-state index in [2.05, 4.69) is 48.5 Å². The zero-order chi connectivity index (χ0) is 39.3. The summed E-state index contributed by atoms with van der Waals surface area (Å²) in [5.74, 6) is -5.02. The number of carbonyl (C=O) groups is 2. The van der Waals surface area contributed by atoms with E-state index in [4.69, 9.17) is 29.4 Å². The summed E-state index contributed by atoms with van der Waals surface area (Å²) >= 11 is 0. The van der Waals surface area contributed by atoms with Crippen molar-refractivity contribution in [3.05, 3.63) is 12.2 Å². The first kappa shape index (κ1) is 42.7. The van der Waals surface area contributed by atoms with Crippen LogP contribution in [-0.2, 0) is 33.3 Å². The van der Waals surface area contributed by atoms with Gasteiger partial charge in [-0.15, -0.1) is 0 Å². The molecule has 18 atom stereocenters. The molecule has 0 aromatic carbocycles. The minimum Gasteiger partial charge on any atom is -0.481 e. The van der Waals surface area contributed by atoms with Crippen molar-refractivity contribution in [3.8, 4) is 0 Å². The topological polar surface area (TPSA) is 147 Å². The Morgan fingerprint density at radius 1 is 0.887 bits per heavy atom. The number of hydrogen-bond donors (Lipinski definition) is 3. The summed E-state index contributed by atoms with van der Waals surface area (Å²) in [4.78, 5) is 26.4. The van der Waals surface area contributed by atoms with Crippen molar-refractivity contribution < 1.29 is 43.5 Å². The zero-order valence-electron chi connectivity index (χ0n) is 34.6. The second-order valence-electron chi connectivity index (χ2n) is 18.5. The van der Waals surface area contributed by atoms with Crippen LogP contribution in [0, 0.1) is 46.8 Å². The molecule has 4 saturated heterocycles. The molecule has 4 fully saturated rings. The lowest BCUT2D eigenvalue weighted by atomic mass is 9.72. The van der Waals surface area contributed by atoms with E-state index in [1.54, 1.807) is 0 Å². The number of ether oxygens (including phenoxy) is 5. The SMILES string of the molecule is CCC(C(=O)[C@@H](C)[C@@H](O)[C@H](C)[C@@H]1O[C@@H]([C@@H](CC)C(=O)O)CC[C@@H]1C)[C@H]1O[C@]2(C=C[C@@H](N)[C@]3(CC[C@@](C)([C@H]4CC[C@](C)(CC)[C@H](C)O4)O3)O2)[C@H](C)C[C@@H]1C. The minimum atomic E-state index is -1.12. The summed E-state index contributed by atoms with van der Waals surface area (Å²) in [6.45, 7) is 22.8. The van der Waals surface area contributed by atoms with E-state index in [1.807, 2.05) is 39.8 Å². The summed E-state index contributed by atoms with van der Waals surface area (Å²) in [6.07, 6.45) is 9.54. The van der Waals surface area contributed by atoms with Gasteiger partial charge in [0.05, 0.1) is 54.2 Å². The molecule has 0 saturated carbocycles. The Balaban J connectivity index is 1.31. The number of aliphatic carboxylic acids is 1. The lowest BCUT2D eigenvalue weighted by Gasteiger charge is -2.54. The first-order valence-electron chi connectivity index (χ1n) is 21.1. The molecule has 0 bridgehead atoms. The van der Waals surface area contributed by atoms with Crippen molar-refractivity contribution in [1.82, 2.24) is 0 Å². The molecule has 2 spiro atoms. The Labute approximate surface area is 319 Å². The minimum absolute atomic E-state index is 0.0210. The molecule has 5 aliphatic rings. The molecule has 5 rings (SSSR count). The van der Waals surface area contributed by atoms with Crippen molar-refractivity contribution in [2.75, 3.05) is 0 Å². The molecule has 0 amide bonds. The first-order chi connectivity index (χ1) is 24.8. The lowest BCUT2D eigenvalue weighted by Crippen LogP contribution is -2.64. The molecule has 53 heavy (non-hydrogen) atoms. The predicted octanol–water partition coefficient (Wildman–Crippen LogP) is 7.43. The molecule has 5 heterocycles. The first-order valence-corrected chi connectivity index (χ1v) is 21.1. The molecule has 304 valence electrons. The third kappa shape index (κ3) is 7.95. The molecule has 1 unspecified atom stereocenters. The summed E-state index contributed by atoms with van der Waals surface area (Å²) in [5.41, 5.74) is 6.40. The van der Waals surface area contributed by atoms with E-state index in [1.165, 1.54) is 0 Å². The highest BCUT2D eigenvalue weighted by molar-refractivity contribution is 5.84. The fourth-order valence-electron chi connectivity index (χ4n) is 10.7. The van der Waals surface area contributed by atoms with Crippen molar-refractivity contribution >= 4 is 11.8 Å². The number of nitrogens with two attached hydrogens (primary N) is 1. The number of carbonyl (C=O) groups excluding carboxylic acids is 1. The van der Waals surface area contributed by atoms with Crippen molar-refractivity contribution in [1.29, 1.82) is 0 Å². The monoisotopic (exact) mass is 748 g/mol. The molecular formula is C43H73NO9. The lowest BCUT2D eigenvalue weighted by molar-refractivity contribution is -0.396. The Bertz CT molecular complexity index is 1330. The van der Waals surface area contributed by atoms with Crippen LogP contribution in [0.3, 0.4) is 0 Å². The Hall–Kier alpha value is -1.40. The number of aliphatic hydroxyl groups is 1. The number of ketones is 1. The van der Waals surface area contributed by atoms with Gasteiger partial charge in [0.1, 0.15) is 5.78 Å². The standard InChI is InChI=1S/C43H73NO9/c1-12-30(39(47)48)32-16-15-24(4)37(50-32)28(8)35(45)27(7)36(46)31(13-2)38-25(5)23-26(6)42(51-38)20-17-33(44)43(53-42)22-21-41(11,52-43)34-18-19-40(10,14-3)29(9)49-34/h17,20,24-35,37-38,45H,12-16,18-19,21-23,44H2,1-11H3,(H,47,48)/t24-,25-,26+,27-,28-,29-,30+,31?,32+,33+,34+,35+,37+,38-,40-,41-,42-,43-/m0/s1. The normalized spacial score (nSPS) is 46.2. The van der Waals surface area contributed by atoms with Crippen LogP contribution in [0.2, 0.25) is 0 Å². The Morgan fingerprint density at radius 2 is 1.57 bits per heavy atom. The van der Waals surface area contributed by atoms with Gasteiger partial charge in [0.2, 0.25) is 0 Å². The molecular weight excluding hydrogens is 674 g/mol. The van der Waals surface area contributed by atoms with E-state index in [0.717, 1.165) is 38.5 Å². The molecule has 0 aromatic rings. The van der Waals surface area contributed by atoms with Crippen LogP contribution in [0.4, 0.5) is 0 Å². The van der Waals surface area contributed by atoms with Crippen LogP contribution < -0.4 is 5.73 Å². The van der Waals surface area contributed by atoms with Crippen molar-refractivity contribution in [3.63, 3.8) is 0 Å². The number of rotatable bonds is 12. The van der Waals surface area contributed by atoms with Crippen LogP contribution in [-0.4, -0.2) is 81.8 Å². The fraction of sp³-hybridized carbons (Fsp3) is 0.907. The van der Waals surface area contributed by atoms with Crippen LogP contribution in [0.5, 0.6) is 0 Å². The average Bonchev–Trinajstić information content (AvgIpc) is 3.47. The van der Waals surface area contributed by atoms with Gasteiger partial charge in [0, 0.05) is 30.1 Å². The molecule has 10 nitrogen and oxygen atoms in total. The number of hydrogen-bond acceptors (Lipinski definition) is 9. The summed E-state index contributed by atoms with van der Waals surface area (Å²) in [6, 6.07) is -0.488. The highest BCUT2D eigenvalue weighted by atomic mass is 16.8. The average molecular weight is 748 g/mol. The number of aliphatic hydroxyl groups excluding tert-OH is 1. The second kappa shape index (κ2) is 16.2. The maximum Gasteiger partial charge on any atom is 0.309 e. The molecule has 4 N–H and O–H groups in total. The van der Waals surface area contributed by atoms with Gasteiger partial charge in [-0.3, -0.25) is 9.59 Å². The van der Waals surface area contributed by atoms with Crippen LogP contribution in [0.15, 0.2) is 12.2 Å². The third-order valence-electron chi connectivity index (χ3n) is 15.1. The highest BCUT2D eigenvalue weighted by Crippen LogP contribution is 2.54. The molecule has 10 heteroatoms. The van der Waals surface area contributed by atoms with Gasteiger partial charge >= 0.3 is 5.97 Å². The van der Waals surface area contributed by atoms with Crippen LogP contribution in [0.25, 0.3) is 0 Å². The van der Waals surface area contributed by atoms with Crippen molar-refractivity contribution in [2.24, 2.45) is 52.6 Å². The van der Waals surface area contributed by atoms with E-state index >= 15 is 0 Å². The Morgan fingerprint density at radius 3 is 2.17 bits per heavy atom. The number of carboxylic acid groups (broad SMARTS) is 1. The largest absolute Gasteiger partial charge is 0.481 e. The van der Waals surface area contributed by atoms with Gasteiger partial charge in [-0.2, -0.15) is 0 Å². The highest BCUT2D eigenvalue weighted by Gasteiger charge is 2.62. The number of Topliss-reactive ketones (excluding diaryl/α,β-unsaturated/α-hetero) is 1. The Kier molecular flexibility index (Phi) is 13.1. The summed E-state index contributed by atoms with van der Waals surface area (Å²) in [5, 5.41) is 21.6. The van der Waals surface area contributed by atoms with E-state index in [9.17, 15) is 19.8 Å². The maximum absolute atomic E-state index is 14.5. The maximum atomic E-state index is 14.5. The van der Waals surface area contributed by atoms with Gasteiger partial charge in [0.15, 0.2) is 11.6 Å². The van der Waals surface area contributed by atoms with Crippen LogP contribution in [0.1, 0.15) is 140 Å². The van der Waals surface area contributed by atoms with Gasteiger partial charge < -0.3 is 39.6 Å². The number of carboxylic acids is 1. The van der Waals surface area contributed by atoms with Gasteiger partial charge in [-0.1, -0.05) is 68.4 Å². The van der Waals surface area contributed by atoms with Crippen molar-refractivity contribution in [2.45, 2.75) is 200 Å². The predicted molar refractivity (Wildman–Crippen MR) is 204 cm³/mol. The molecule has 5 aliphatic heterocycles. The van der Waals surface area contributed by atoms with E-state index in [-0.39, 0.29) is 53.2 Å². The van der Waals surface area contributed by atoms with Gasteiger partial charge in [0.25, 0.3) is 0 Å². The smallest absolute Gasteiger partial charge is 0.309 e. The zero-order valence-corrected chi connectivity index (χ0v) is 34.6. The quantitative estimate of drug-likeness (QED) is 0.172. The van der Waals surface area contributed by atoms with E-state index in [0.29, 0.717) is 25.7 Å². The van der Waals surface area contributed by atoms with Gasteiger partial charge in [-0.25, -0.2) is 0 Å².